The molecule has 0 unspecified atom stereocenters. The van der Waals surface area contributed by atoms with Gasteiger partial charge in [0.1, 0.15) is 5.75 Å². The molecule has 3 aromatic rings. The van der Waals surface area contributed by atoms with Crippen LogP contribution < -0.4 is 15.8 Å². The minimum absolute atomic E-state index is 0.138. The fourth-order valence-corrected chi connectivity index (χ4v) is 2.26. The van der Waals surface area contributed by atoms with Crippen molar-refractivity contribution >= 4 is 5.69 Å². The van der Waals surface area contributed by atoms with E-state index in [1.807, 2.05) is 62.4 Å². The average molecular weight is 336 g/mol. The minimum Gasteiger partial charge on any atom is -0.491 e. The van der Waals surface area contributed by atoms with Crippen molar-refractivity contribution in [2.45, 2.75) is 20.0 Å². The predicted octanol–water partition coefficient (Wildman–Crippen LogP) is 4.03. The lowest BCUT2D eigenvalue weighted by Crippen LogP contribution is -2.05. The zero-order chi connectivity index (χ0) is 17.6. The summed E-state index contributed by atoms with van der Waals surface area (Å²) in [4.78, 5) is 0. The Balaban J connectivity index is 1.75. The molecule has 0 aliphatic carbocycles. The number of hydrogen-bond acceptors (Lipinski definition) is 6. The minimum atomic E-state index is 0.138. The lowest BCUT2D eigenvalue weighted by Gasteiger charge is -2.09. The first-order chi connectivity index (χ1) is 12.2. The molecule has 0 saturated carbocycles. The molecule has 0 radical (unpaired) electrons. The van der Waals surface area contributed by atoms with E-state index in [0.29, 0.717) is 11.8 Å². The van der Waals surface area contributed by atoms with Gasteiger partial charge < -0.3 is 20.2 Å². The lowest BCUT2D eigenvalue weighted by molar-refractivity contribution is 0.242. The summed E-state index contributed by atoms with van der Waals surface area (Å²) in [6, 6.07) is 15.2. The summed E-state index contributed by atoms with van der Waals surface area (Å²) in [5.41, 5.74) is 7.92. The maximum absolute atomic E-state index is 5.78. The van der Waals surface area contributed by atoms with Gasteiger partial charge in [-0.25, -0.2) is 0 Å². The molecule has 0 aliphatic heterocycles. The van der Waals surface area contributed by atoms with Crippen LogP contribution in [0.3, 0.4) is 0 Å². The highest BCUT2D eigenvalue weighted by Gasteiger charge is 2.10. The van der Waals surface area contributed by atoms with Crippen LogP contribution in [0.1, 0.15) is 13.8 Å². The second-order valence-electron chi connectivity index (χ2n) is 5.68. The molecule has 0 amide bonds. The maximum Gasteiger partial charge on any atom is 0.248 e. The van der Waals surface area contributed by atoms with Crippen molar-refractivity contribution in [3.05, 3.63) is 60.9 Å². The zero-order valence-electron chi connectivity index (χ0n) is 14.1. The lowest BCUT2D eigenvalue weighted by atomic mass is 10.2. The van der Waals surface area contributed by atoms with E-state index < -0.39 is 0 Å². The van der Waals surface area contributed by atoms with E-state index in [1.54, 1.807) is 6.20 Å². The molecule has 128 valence electrons. The van der Waals surface area contributed by atoms with E-state index in [9.17, 15) is 0 Å². The summed E-state index contributed by atoms with van der Waals surface area (Å²) < 4.78 is 11.4. The third-order valence-electron chi connectivity index (χ3n) is 3.38. The maximum atomic E-state index is 5.78. The van der Waals surface area contributed by atoms with Crippen molar-refractivity contribution in [1.82, 2.24) is 10.2 Å². The highest BCUT2D eigenvalue weighted by molar-refractivity contribution is 5.61. The Morgan fingerprint density at radius 3 is 2.04 bits per heavy atom. The number of rotatable bonds is 6. The fraction of sp³-hybridized carbons (Fsp3) is 0.158. The highest BCUT2D eigenvalue weighted by atomic mass is 16.5. The van der Waals surface area contributed by atoms with Gasteiger partial charge in [-0.1, -0.05) is 0 Å². The molecule has 1 heterocycles. The monoisotopic (exact) mass is 336 g/mol. The average Bonchev–Trinajstić information content (AvgIpc) is 3.10. The van der Waals surface area contributed by atoms with Gasteiger partial charge in [-0.2, -0.15) is 0 Å². The van der Waals surface area contributed by atoms with Crippen LogP contribution in [0, 0.1) is 0 Å². The van der Waals surface area contributed by atoms with Gasteiger partial charge in [0.25, 0.3) is 0 Å². The Hall–Kier alpha value is -3.28. The summed E-state index contributed by atoms with van der Waals surface area (Å²) in [6.07, 6.45) is 3.24. The largest absolute Gasteiger partial charge is 0.491 e. The van der Waals surface area contributed by atoms with E-state index in [-0.39, 0.29) is 6.10 Å². The molecule has 6 nitrogen and oxygen atoms in total. The number of anilines is 1. The number of nitrogens with zero attached hydrogens (tertiary/aromatic N) is 2. The van der Waals surface area contributed by atoms with Crippen LogP contribution in [0.4, 0.5) is 5.69 Å². The Morgan fingerprint density at radius 1 is 0.960 bits per heavy atom. The molecule has 3 N–H and O–H groups in total. The molecule has 0 aliphatic rings. The number of aromatic nitrogens is 2. The van der Waals surface area contributed by atoms with Gasteiger partial charge in [0.05, 0.1) is 6.10 Å². The Morgan fingerprint density at radius 2 is 1.52 bits per heavy atom. The number of nitrogens with two attached hydrogens (primary N) is 1. The molecular formula is C19H20N4O2. The third-order valence-corrected chi connectivity index (χ3v) is 3.38. The quantitative estimate of drug-likeness (QED) is 0.707. The summed E-state index contributed by atoms with van der Waals surface area (Å²) in [6.45, 7) is 3.98. The van der Waals surface area contributed by atoms with Crippen molar-refractivity contribution in [1.29, 1.82) is 0 Å². The second-order valence-corrected chi connectivity index (χ2v) is 5.68. The van der Waals surface area contributed by atoms with E-state index in [4.69, 9.17) is 14.9 Å². The normalized spacial score (nSPS) is 11.2. The van der Waals surface area contributed by atoms with Gasteiger partial charge >= 0.3 is 0 Å². The van der Waals surface area contributed by atoms with E-state index in [1.165, 1.54) is 6.20 Å². The van der Waals surface area contributed by atoms with Crippen molar-refractivity contribution < 1.29 is 9.15 Å². The zero-order valence-corrected chi connectivity index (χ0v) is 14.1. The number of nitrogens with one attached hydrogen (secondary N) is 1. The molecule has 0 fully saturated rings. The SMILES string of the molecule is CC(C)Oc1ccc(-c2nnc(-c3ccc(N/C=C\N)cc3)o2)cc1. The summed E-state index contributed by atoms with van der Waals surface area (Å²) in [5, 5.41) is 11.3. The first-order valence-corrected chi connectivity index (χ1v) is 8.00. The number of ether oxygens (including phenoxy) is 1. The molecule has 0 bridgehead atoms. The fourth-order valence-electron chi connectivity index (χ4n) is 2.26. The second kappa shape index (κ2) is 7.53. The highest BCUT2D eigenvalue weighted by Crippen LogP contribution is 2.26. The van der Waals surface area contributed by atoms with Crippen molar-refractivity contribution in [3.8, 4) is 28.7 Å². The van der Waals surface area contributed by atoms with Crippen molar-refractivity contribution in [2.24, 2.45) is 5.73 Å². The summed E-state index contributed by atoms with van der Waals surface area (Å²) >= 11 is 0. The molecule has 0 saturated heterocycles. The molecule has 1 aromatic heterocycles. The van der Waals surface area contributed by atoms with Crippen LogP contribution in [0.5, 0.6) is 5.75 Å². The molecule has 0 atom stereocenters. The number of benzene rings is 2. The van der Waals surface area contributed by atoms with Crippen LogP contribution in [0.2, 0.25) is 0 Å². The third kappa shape index (κ3) is 4.17. The molecule has 3 rings (SSSR count). The van der Waals surface area contributed by atoms with Crippen molar-refractivity contribution in [2.75, 3.05) is 5.32 Å². The van der Waals surface area contributed by atoms with Crippen LogP contribution in [0.25, 0.3) is 22.9 Å². The van der Waals surface area contributed by atoms with Crippen LogP contribution in [0.15, 0.2) is 65.3 Å². The Bertz CT molecular complexity index is 837. The topological polar surface area (TPSA) is 86.2 Å². The van der Waals surface area contributed by atoms with Gasteiger partial charge in [0.2, 0.25) is 11.8 Å². The number of hydrogen-bond donors (Lipinski definition) is 2. The van der Waals surface area contributed by atoms with E-state index in [2.05, 4.69) is 15.5 Å². The Kier molecular flexibility index (Phi) is 4.99. The van der Waals surface area contributed by atoms with Gasteiger partial charge in [0, 0.05) is 29.2 Å². The standard InChI is InChI=1S/C19H20N4O2/c1-13(2)24-17-9-5-15(6-10-17)19-23-22-18(25-19)14-3-7-16(8-4-14)21-12-11-20/h3-13,21H,20H2,1-2H3/b12-11-. The van der Waals surface area contributed by atoms with E-state index >= 15 is 0 Å². The smallest absolute Gasteiger partial charge is 0.248 e. The summed E-state index contributed by atoms with van der Waals surface area (Å²) in [5.74, 6) is 1.76. The predicted molar refractivity (Wildman–Crippen MR) is 97.9 cm³/mol. The van der Waals surface area contributed by atoms with Gasteiger partial charge in [-0.3, -0.25) is 0 Å². The first kappa shape index (κ1) is 16.6. The molecule has 25 heavy (non-hydrogen) atoms. The molecular weight excluding hydrogens is 316 g/mol. The summed E-state index contributed by atoms with van der Waals surface area (Å²) in [7, 11) is 0. The van der Waals surface area contributed by atoms with Gasteiger partial charge in [-0.05, 0) is 62.4 Å². The van der Waals surface area contributed by atoms with Crippen LogP contribution in [-0.4, -0.2) is 16.3 Å². The van der Waals surface area contributed by atoms with E-state index in [0.717, 1.165) is 22.6 Å². The van der Waals surface area contributed by atoms with Gasteiger partial charge in [-0.15, -0.1) is 10.2 Å². The van der Waals surface area contributed by atoms with Gasteiger partial charge in [0.15, 0.2) is 0 Å². The van der Waals surface area contributed by atoms with Crippen LogP contribution in [-0.2, 0) is 0 Å². The molecule has 6 heteroatoms. The van der Waals surface area contributed by atoms with Crippen molar-refractivity contribution in [3.63, 3.8) is 0 Å². The first-order valence-electron chi connectivity index (χ1n) is 8.00. The van der Waals surface area contributed by atoms with Crippen LogP contribution >= 0.6 is 0 Å². The molecule has 0 spiro atoms. The Labute approximate surface area is 146 Å². The molecule has 2 aromatic carbocycles.